The summed E-state index contributed by atoms with van der Waals surface area (Å²) in [6, 6.07) is 8.28. The highest BCUT2D eigenvalue weighted by atomic mass is 32.1. The van der Waals surface area contributed by atoms with E-state index in [-0.39, 0.29) is 0 Å². The lowest BCUT2D eigenvalue weighted by Gasteiger charge is -1.95. The molecule has 0 atom stereocenters. The average molecular weight is 257 g/mol. The molecule has 0 aliphatic heterocycles. The van der Waals surface area contributed by atoms with E-state index in [4.69, 9.17) is 0 Å². The SMILES string of the molecule is Cc1[nH]c(CCS)nc1-c1c[nH]c2ccccc12. The van der Waals surface area contributed by atoms with E-state index in [1.54, 1.807) is 0 Å². The van der Waals surface area contributed by atoms with Crippen LogP contribution >= 0.6 is 12.6 Å². The molecule has 0 saturated carbocycles. The van der Waals surface area contributed by atoms with Crippen LogP contribution < -0.4 is 0 Å². The van der Waals surface area contributed by atoms with E-state index in [0.29, 0.717) is 0 Å². The highest BCUT2D eigenvalue weighted by molar-refractivity contribution is 7.80. The van der Waals surface area contributed by atoms with Crippen molar-refractivity contribution in [3.05, 3.63) is 42.0 Å². The average Bonchev–Trinajstić information content (AvgIpc) is 2.93. The number of H-pyrrole nitrogens is 2. The third kappa shape index (κ3) is 1.82. The molecule has 0 unspecified atom stereocenters. The smallest absolute Gasteiger partial charge is 0.107 e. The van der Waals surface area contributed by atoms with Crippen LogP contribution in [0.25, 0.3) is 22.2 Å². The number of nitrogens with zero attached hydrogens (tertiary/aromatic N) is 1. The number of benzene rings is 1. The van der Waals surface area contributed by atoms with Gasteiger partial charge in [-0.25, -0.2) is 4.98 Å². The number of fused-ring (bicyclic) bond motifs is 1. The Bertz CT molecular complexity index is 681. The molecule has 0 bridgehead atoms. The van der Waals surface area contributed by atoms with Gasteiger partial charge in [0.2, 0.25) is 0 Å². The first-order valence-corrected chi connectivity index (χ1v) is 6.65. The summed E-state index contributed by atoms with van der Waals surface area (Å²) in [5.74, 6) is 1.81. The van der Waals surface area contributed by atoms with Crippen LogP contribution in [0.4, 0.5) is 0 Å². The van der Waals surface area contributed by atoms with Crippen molar-refractivity contribution in [2.45, 2.75) is 13.3 Å². The first-order valence-electron chi connectivity index (χ1n) is 6.02. The summed E-state index contributed by atoms with van der Waals surface area (Å²) in [6.07, 6.45) is 2.89. The zero-order valence-corrected chi connectivity index (χ0v) is 11.1. The van der Waals surface area contributed by atoms with Crippen LogP contribution in [0.2, 0.25) is 0 Å². The van der Waals surface area contributed by atoms with Crippen molar-refractivity contribution in [2.24, 2.45) is 0 Å². The van der Waals surface area contributed by atoms with Gasteiger partial charge in [0, 0.05) is 34.8 Å². The van der Waals surface area contributed by atoms with Crippen LogP contribution in [0.3, 0.4) is 0 Å². The Labute approximate surface area is 111 Å². The topological polar surface area (TPSA) is 44.5 Å². The van der Waals surface area contributed by atoms with Gasteiger partial charge < -0.3 is 9.97 Å². The quantitative estimate of drug-likeness (QED) is 0.619. The first-order chi connectivity index (χ1) is 8.79. The highest BCUT2D eigenvalue weighted by Gasteiger charge is 2.12. The van der Waals surface area contributed by atoms with Crippen LogP contribution in [0.1, 0.15) is 11.5 Å². The Morgan fingerprint density at radius 1 is 1.28 bits per heavy atom. The molecule has 18 heavy (non-hydrogen) atoms. The number of thiol groups is 1. The van der Waals surface area contributed by atoms with Crippen molar-refractivity contribution >= 4 is 23.5 Å². The molecule has 4 heteroatoms. The van der Waals surface area contributed by atoms with Crippen LogP contribution in [-0.4, -0.2) is 20.7 Å². The second-order valence-corrected chi connectivity index (χ2v) is 4.83. The monoisotopic (exact) mass is 257 g/mol. The largest absolute Gasteiger partial charge is 0.360 e. The number of aromatic amines is 2. The molecule has 0 saturated heterocycles. The van der Waals surface area contributed by atoms with Gasteiger partial charge in [0.25, 0.3) is 0 Å². The van der Waals surface area contributed by atoms with Crippen LogP contribution in [-0.2, 0) is 6.42 Å². The Morgan fingerprint density at radius 3 is 2.94 bits per heavy atom. The number of hydrogen-bond acceptors (Lipinski definition) is 2. The summed E-state index contributed by atoms with van der Waals surface area (Å²) in [4.78, 5) is 11.3. The minimum Gasteiger partial charge on any atom is -0.360 e. The van der Waals surface area contributed by atoms with E-state index >= 15 is 0 Å². The van der Waals surface area contributed by atoms with Gasteiger partial charge in [0.1, 0.15) is 5.82 Å². The predicted molar refractivity (Wildman–Crippen MR) is 78.2 cm³/mol. The number of aromatic nitrogens is 3. The lowest BCUT2D eigenvalue weighted by Crippen LogP contribution is -1.88. The number of nitrogens with one attached hydrogen (secondary N) is 2. The molecular weight excluding hydrogens is 242 g/mol. The summed E-state index contributed by atoms with van der Waals surface area (Å²) in [5.41, 5.74) is 4.44. The molecule has 0 spiro atoms. The summed E-state index contributed by atoms with van der Waals surface area (Å²) >= 11 is 4.24. The summed E-state index contributed by atoms with van der Waals surface area (Å²) < 4.78 is 0. The molecule has 3 nitrogen and oxygen atoms in total. The van der Waals surface area contributed by atoms with Gasteiger partial charge in [-0.3, -0.25) is 0 Å². The van der Waals surface area contributed by atoms with Gasteiger partial charge in [0.15, 0.2) is 0 Å². The van der Waals surface area contributed by atoms with E-state index in [0.717, 1.165) is 40.5 Å². The van der Waals surface area contributed by atoms with Crippen molar-refractivity contribution < 1.29 is 0 Å². The van der Waals surface area contributed by atoms with Gasteiger partial charge in [-0.1, -0.05) is 18.2 Å². The zero-order chi connectivity index (χ0) is 12.5. The van der Waals surface area contributed by atoms with Crippen molar-refractivity contribution in [3.8, 4) is 11.3 Å². The molecule has 2 heterocycles. The molecule has 3 aromatic rings. The van der Waals surface area contributed by atoms with E-state index in [9.17, 15) is 0 Å². The fraction of sp³-hybridized carbons (Fsp3) is 0.214. The third-order valence-electron chi connectivity index (χ3n) is 3.13. The fourth-order valence-corrected chi connectivity index (χ4v) is 2.49. The Kier molecular flexibility index (Phi) is 2.88. The van der Waals surface area contributed by atoms with E-state index in [1.807, 2.05) is 12.3 Å². The maximum absolute atomic E-state index is 4.67. The molecule has 0 fully saturated rings. The van der Waals surface area contributed by atoms with Gasteiger partial charge >= 0.3 is 0 Å². The maximum Gasteiger partial charge on any atom is 0.107 e. The molecule has 2 N–H and O–H groups in total. The van der Waals surface area contributed by atoms with E-state index < -0.39 is 0 Å². The van der Waals surface area contributed by atoms with Crippen molar-refractivity contribution in [2.75, 3.05) is 5.75 Å². The summed E-state index contributed by atoms with van der Waals surface area (Å²) in [5, 5.41) is 1.21. The lowest BCUT2D eigenvalue weighted by molar-refractivity contribution is 0.995. The molecule has 3 rings (SSSR count). The second-order valence-electron chi connectivity index (χ2n) is 4.38. The summed E-state index contributed by atoms with van der Waals surface area (Å²) in [6.45, 7) is 2.06. The Balaban J connectivity index is 2.14. The van der Waals surface area contributed by atoms with Crippen LogP contribution in [0, 0.1) is 6.92 Å². The summed E-state index contributed by atoms with van der Waals surface area (Å²) in [7, 11) is 0. The van der Waals surface area contributed by atoms with Crippen molar-refractivity contribution in [1.82, 2.24) is 15.0 Å². The van der Waals surface area contributed by atoms with Crippen LogP contribution in [0.5, 0.6) is 0 Å². The minimum atomic E-state index is 0.806. The number of rotatable bonds is 3. The second kappa shape index (κ2) is 4.53. The minimum absolute atomic E-state index is 0.806. The number of para-hydroxylation sites is 1. The highest BCUT2D eigenvalue weighted by Crippen LogP contribution is 2.29. The standard InChI is InChI=1S/C14H15N3S/c1-9-14(17-13(16-9)6-7-18)11-8-15-12-5-3-2-4-10(11)12/h2-5,8,15,18H,6-7H2,1H3,(H,16,17). The molecule has 0 radical (unpaired) electrons. The van der Waals surface area contributed by atoms with E-state index in [2.05, 4.69) is 52.7 Å². The molecule has 92 valence electrons. The molecule has 0 aliphatic rings. The molecule has 0 amide bonds. The van der Waals surface area contributed by atoms with Crippen molar-refractivity contribution in [3.63, 3.8) is 0 Å². The predicted octanol–water partition coefficient (Wildman–Crippen LogP) is 3.34. The first kappa shape index (κ1) is 11.4. The Morgan fingerprint density at radius 2 is 2.11 bits per heavy atom. The number of aryl methyl sites for hydroxylation is 2. The Hall–Kier alpha value is -1.68. The molecule has 0 aliphatic carbocycles. The van der Waals surface area contributed by atoms with E-state index in [1.165, 1.54) is 5.39 Å². The van der Waals surface area contributed by atoms with Crippen molar-refractivity contribution in [1.29, 1.82) is 0 Å². The third-order valence-corrected chi connectivity index (χ3v) is 3.35. The van der Waals surface area contributed by atoms with Gasteiger partial charge in [-0.2, -0.15) is 12.6 Å². The van der Waals surface area contributed by atoms with Gasteiger partial charge in [0.05, 0.1) is 5.69 Å². The van der Waals surface area contributed by atoms with Gasteiger partial charge in [-0.15, -0.1) is 0 Å². The fourth-order valence-electron chi connectivity index (χ4n) is 2.28. The molecule has 2 aromatic heterocycles. The van der Waals surface area contributed by atoms with Gasteiger partial charge in [-0.05, 0) is 18.7 Å². The molecule has 1 aromatic carbocycles. The number of imidazole rings is 1. The number of hydrogen-bond donors (Lipinski definition) is 3. The van der Waals surface area contributed by atoms with Crippen LogP contribution in [0.15, 0.2) is 30.5 Å². The molecular formula is C14H15N3S. The lowest BCUT2D eigenvalue weighted by atomic mass is 10.1. The normalized spacial score (nSPS) is 11.2. The zero-order valence-electron chi connectivity index (χ0n) is 10.2. The maximum atomic E-state index is 4.67.